The third-order valence-electron chi connectivity index (χ3n) is 0.660. The van der Waals surface area contributed by atoms with Crippen molar-refractivity contribution in [1.29, 1.82) is 0 Å². The van der Waals surface area contributed by atoms with E-state index >= 15 is 0 Å². The minimum absolute atomic E-state index is 0.118. The van der Waals surface area contributed by atoms with Crippen LogP contribution in [0.15, 0.2) is 17.4 Å². The SMILES string of the molecule is FC(F)(F)SC1=N[N]C=C1. The highest BCUT2D eigenvalue weighted by atomic mass is 32.2. The predicted molar refractivity (Wildman–Crippen MR) is 32.4 cm³/mol. The molecule has 0 aliphatic carbocycles. The highest BCUT2D eigenvalue weighted by Crippen LogP contribution is 2.32. The van der Waals surface area contributed by atoms with Crippen molar-refractivity contribution in [3.8, 4) is 0 Å². The molecule has 6 heteroatoms. The second-order valence-corrected chi connectivity index (χ2v) is 2.50. The van der Waals surface area contributed by atoms with Crippen LogP contribution in [-0.4, -0.2) is 10.6 Å². The van der Waals surface area contributed by atoms with E-state index in [-0.39, 0.29) is 16.8 Å². The molecular formula is C4H2F3N2S. The quantitative estimate of drug-likeness (QED) is 0.539. The molecule has 1 aliphatic heterocycles. The summed E-state index contributed by atoms with van der Waals surface area (Å²) in [5.74, 6) is 0. The molecule has 0 aromatic heterocycles. The summed E-state index contributed by atoms with van der Waals surface area (Å²) in [6.07, 6.45) is 2.42. The normalized spacial score (nSPS) is 16.9. The molecule has 0 saturated carbocycles. The van der Waals surface area contributed by atoms with E-state index in [1.165, 1.54) is 12.3 Å². The number of halogens is 3. The molecule has 0 amide bonds. The van der Waals surface area contributed by atoms with Crippen LogP contribution in [0.4, 0.5) is 13.2 Å². The van der Waals surface area contributed by atoms with Crippen LogP contribution >= 0.6 is 11.8 Å². The van der Waals surface area contributed by atoms with Crippen molar-refractivity contribution >= 4 is 16.8 Å². The number of alkyl halides is 3. The van der Waals surface area contributed by atoms with Gasteiger partial charge in [0.1, 0.15) is 5.04 Å². The summed E-state index contributed by atoms with van der Waals surface area (Å²) in [4.78, 5) is 0. The largest absolute Gasteiger partial charge is 0.447 e. The molecule has 10 heavy (non-hydrogen) atoms. The Kier molecular flexibility index (Phi) is 1.89. The van der Waals surface area contributed by atoms with Crippen LogP contribution in [0.5, 0.6) is 0 Å². The molecule has 0 bridgehead atoms. The summed E-state index contributed by atoms with van der Waals surface area (Å²) >= 11 is -0.266. The van der Waals surface area contributed by atoms with Gasteiger partial charge in [-0.15, -0.1) is 5.10 Å². The van der Waals surface area contributed by atoms with Crippen LogP contribution in [0.2, 0.25) is 0 Å². The zero-order valence-electron chi connectivity index (χ0n) is 4.59. The Balaban J connectivity index is 2.46. The van der Waals surface area contributed by atoms with Gasteiger partial charge in [-0.05, 0) is 6.08 Å². The summed E-state index contributed by atoms with van der Waals surface area (Å²) in [6.45, 7) is 0. The van der Waals surface area contributed by atoms with Crippen LogP contribution in [-0.2, 0) is 0 Å². The highest BCUT2D eigenvalue weighted by molar-refractivity contribution is 8.15. The van der Waals surface area contributed by atoms with Gasteiger partial charge >= 0.3 is 5.51 Å². The predicted octanol–water partition coefficient (Wildman–Crippen LogP) is 1.68. The lowest BCUT2D eigenvalue weighted by atomic mass is 10.7. The maximum Gasteiger partial charge on any atom is 0.447 e. The van der Waals surface area contributed by atoms with E-state index in [0.717, 1.165) is 0 Å². The lowest BCUT2D eigenvalue weighted by Crippen LogP contribution is -2.03. The average molecular weight is 167 g/mol. The first-order valence-electron chi connectivity index (χ1n) is 2.28. The molecule has 0 saturated heterocycles. The Morgan fingerprint density at radius 2 is 2.10 bits per heavy atom. The molecule has 1 radical (unpaired) electrons. The number of thioether (sulfide) groups is 1. The first kappa shape index (κ1) is 7.46. The molecule has 55 valence electrons. The van der Waals surface area contributed by atoms with Crippen molar-refractivity contribution in [3.05, 3.63) is 12.3 Å². The van der Waals surface area contributed by atoms with Gasteiger partial charge in [-0.2, -0.15) is 18.6 Å². The highest BCUT2D eigenvalue weighted by Gasteiger charge is 2.31. The van der Waals surface area contributed by atoms with Crippen molar-refractivity contribution in [2.24, 2.45) is 5.10 Å². The Morgan fingerprint density at radius 3 is 2.50 bits per heavy atom. The molecule has 0 N–H and O–H groups in total. The van der Waals surface area contributed by atoms with Gasteiger partial charge < -0.3 is 0 Å². The van der Waals surface area contributed by atoms with E-state index in [0.29, 0.717) is 0 Å². The minimum atomic E-state index is -4.26. The van der Waals surface area contributed by atoms with E-state index in [2.05, 4.69) is 10.5 Å². The zero-order valence-corrected chi connectivity index (χ0v) is 5.41. The molecule has 1 rings (SSSR count). The van der Waals surface area contributed by atoms with Crippen molar-refractivity contribution in [3.63, 3.8) is 0 Å². The third kappa shape index (κ3) is 2.30. The first-order valence-corrected chi connectivity index (χ1v) is 3.10. The fourth-order valence-electron chi connectivity index (χ4n) is 0.394. The molecule has 1 heterocycles. The summed E-state index contributed by atoms with van der Waals surface area (Å²) in [7, 11) is 0. The monoisotopic (exact) mass is 167 g/mol. The summed E-state index contributed by atoms with van der Waals surface area (Å²) in [5, 5.41) is 3.08. The Labute approximate surface area is 59.2 Å². The van der Waals surface area contributed by atoms with Crippen LogP contribution in [0.1, 0.15) is 0 Å². The maximum atomic E-state index is 11.5. The Hall–Kier alpha value is -0.650. The number of hydrogen-bond acceptors (Lipinski definition) is 2. The minimum Gasteiger partial charge on any atom is -0.160 e. The van der Waals surface area contributed by atoms with Crippen molar-refractivity contribution in [2.75, 3.05) is 0 Å². The summed E-state index contributed by atoms with van der Waals surface area (Å²) in [6, 6.07) is 0. The van der Waals surface area contributed by atoms with Crippen molar-refractivity contribution in [1.82, 2.24) is 5.43 Å². The molecule has 2 nitrogen and oxygen atoms in total. The molecule has 0 aromatic carbocycles. The molecule has 0 spiro atoms. The lowest BCUT2D eigenvalue weighted by Gasteiger charge is -2.00. The summed E-state index contributed by atoms with van der Waals surface area (Å²) < 4.78 is 34.5. The van der Waals surface area contributed by atoms with Crippen molar-refractivity contribution < 1.29 is 13.2 Å². The standard InChI is InChI=1S/C4H2F3N2S/c5-4(6,7)10-3-1-2-8-9-3/h1-2H. The molecule has 0 fully saturated rings. The van der Waals surface area contributed by atoms with E-state index in [9.17, 15) is 13.2 Å². The Morgan fingerprint density at radius 1 is 1.40 bits per heavy atom. The second kappa shape index (κ2) is 2.53. The fourth-order valence-corrected chi connectivity index (χ4v) is 0.848. The van der Waals surface area contributed by atoms with Gasteiger partial charge in [0, 0.05) is 11.8 Å². The lowest BCUT2D eigenvalue weighted by molar-refractivity contribution is -0.0315. The van der Waals surface area contributed by atoms with Crippen LogP contribution in [0.25, 0.3) is 0 Å². The number of rotatable bonds is 0. The van der Waals surface area contributed by atoms with Gasteiger partial charge in [0.15, 0.2) is 0 Å². The van der Waals surface area contributed by atoms with Crippen LogP contribution < -0.4 is 5.43 Å². The van der Waals surface area contributed by atoms with Gasteiger partial charge in [-0.1, -0.05) is 0 Å². The zero-order chi connectivity index (χ0) is 7.61. The van der Waals surface area contributed by atoms with E-state index < -0.39 is 5.51 Å². The molecule has 1 aliphatic rings. The van der Waals surface area contributed by atoms with E-state index in [1.54, 1.807) is 0 Å². The van der Waals surface area contributed by atoms with Crippen LogP contribution in [0.3, 0.4) is 0 Å². The van der Waals surface area contributed by atoms with Gasteiger partial charge in [0.05, 0.1) is 6.20 Å². The van der Waals surface area contributed by atoms with Crippen molar-refractivity contribution in [2.45, 2.75) is 5.51 Å². The molecule has 0 unspecified atom stereocenters. The van der Waals surface area contributed by atoms with Gasteiger partial charge in [-0.3, -0.25) is 0 Å². The molecular weight excluding hydrogens is 165 g/mol. The smallest absolute Gasteiger partial charge is 0.160 e. The molecule has 0 aromatic rings. The first-order chi connectivity index (χ1) is 4.58. The van der Waals surface area contributed by atoms with Crippen LogP contribution in [0, 0.1) is 0 Å². The Bertz CT molecular complexity index is 183. The topological polar surface area (TPSA) is 26.5 Å². The fraction of sp³-hybridized carbons (Fsp3) is 0.250. The number of hydrogen-bond donors (Lipinski definition) is 0. The second-order valence-electron chi connectivity index (χ2n) is 1.42. The number of nitrogens with zero attached hydrogens (tertiary/aromatic N) is 2. The van der Waals surface area contributed by atoms with E-state index in [1.807, 2.05) is 0 Å². The maximum absolute atomic E-state index is 11.5. The third-order valence-corrected chi connectivity index (χ3v) is 1.32. The average Bonchev–Trinajstić information content (AvgIpc) is 2.12. The van der Waals surface area contributed by atoms with E-state index in [4.69, 9.17) is 0 Å². The van der Waals surface area contributed by atoms with Gasteiger partial charge in [0.2, 0.25) is 0 Å². The van der Waals surface area contributed by atoms with Gasteiger partial charge in [-0.25, -0.2) is 0 Å². The molecule has 0 atom stereocenters. The van der Waals surface area contributed by atoms with Gasteiger partial charge in [0.25, 0.3) is 0 Å². The summed E-state index contributed by atoms with van der Waals surface area (Å²) in [5.41, 5.74) is -1.03.